The van der Waals surface area contributed by atoms with E-state index in [-0.39, 0.29) is 5.78 Å². The molecule has 0 atom stereocenters. The molecule has 3 rings (SSSR count). The van der Waals surface area contributed by atoms with Crippen molar-refractivity contribution < 1.29 is 4.79 Å². The molecule has 23 heavy (non-hydrogen) atoms. The van der Waals surface area contributed by atoms with Crippen LogP contribution in [-0.2, 0) is 6.54 Å². The van der Waals surface area contributed by atoms with Gasteiger partial charge in [0.25, 0.3) is 0 Å². The van der Waals surface area contributed by atoms with E-state index in [1.807, 2.05) is 38.1 Å². The van der Waals surface area contributed by atoms with Gasteiger partial charge < -0.3 is 4.57 Å². The first-order valence-corrected chi connectivity index (χ1v) is 8.86. The summed E-state index contributed by atoms with van der Waals surface area (Å²) in [6.07, 6.45) is 4.22. The summed E-state index contributed by atoms with van der Waals surface area (Å²) in [5.41, 5.74) is 2.93. The van der Waals surface area contributed by atoms with Crippen LogP contribution in [0, 0.1) is 13.8 Å². The van der Waals surface area contributed by atoms with Crippen molar-refractivity contribution in [2.24, 2.45) is 0 Å². The lowest BCUT2D eigenvalue weighted by Crippen LogP contribution is -2.07. The van der Waals surface area contributed by atoms with Gasteiger partial charge in [-0.3, -0.25) is 4.79 Å². The molecule has 1 fully saturated rings. The molecule has 0 spiro atoms. The first-order valence-electron chi connectivity index (χ1n) is 7.87. The monoisotopic (exact) mass is 327 g/mol. The summed E-state index contributed by atoms with van der Waals surface area (Å²) < 4.78 is 2.09. The van der Waals surface area contributed by atoms with Crippen LogP contribution < -0.4 is 0 Å². The molecule has 0 amide bonds. The zero-order valence-corrected chi connectivity index (χ0v) is 14.4. The molecule has 1 saturated carbocycles. The number of aromatic nitrogens is 3. The maximum Gasteiger partial charge on any atom is 0.191 e. The molecule has 0 radical (unpaired) electrons. The van der Waals surface area contributed by atoms with E-state index in [4.69, 9.17) is 0 Å². The summed E-state index contributed by atoms with van der Waals surface area (Å²) in [7, 11) is 0. The van der Waals surface area contributed by atoms with Crippen molar-refractivity contribution in [2.75, 3.05) is 5.75 Å². The van der Waals surface area contributed by atoms with E-state index in [2.05, 4.69) is 21.3 Å². The molecule has 0 unspecified atom stereocenters. The zero-order valence-electron chi connectivity index (χ0n) is 13.6. The predicted molar refractivity (Wildman–Crippen MR) is 93.2 cm³/mol. The molecule has 0 aliphatic heterocycles. The van der Waals surface area contributed by atoms with E-state index in [1.54, 1.807) is 0 Å². The molecule has 1 aliphatic carbocycles. The Hall–Kier alpha value is -1.88. The lowest BCUT2D eigenvalue weighted by Gasteiger charge is -2.08. The Morgan fingerprint density at radius 1 is 1.39 bits per heavy atom. The van der Waals surface area contributed by atoms with E-state index in [1.165, 1.54) is 24.6 Å². The summed E-state index contributed by atoms with van der Waals surface area (Å²) in [5.74, 6) is 2.08. The second-order valence-electron chi connectivity index (χ2n) is 6.04. The number of carbonyl (C=O) groups excluding carboxylic acids is 1. The fourth-order valence-electron chi connectivity index (χ4n) is 2.60. The molecule has 4 nitrogen and oxygen atoms in total. The second-order valence-corrected chi connectivity index (χ2v) is 6.99. The summed E-state index contributed by atoms with van der Waals surface area (Å²) in [6, 6.07) is 5.99. The number of allylic oxidation sites excluding steroid dienone is 1. The number of thioether (sulfide) groups is 1. The summed E-state index contributed by atoms with van der Waals surface area (Å²) in [6.45, 7) is 8.48. The third-order valence-electron chi connectivity index (χ3n) is 4.03. The fourth-order valence-corrected chi connectivity index (χ4v) is 3.43. The minimum Gasteiger partial charge on any atom is -0.302 e. The predicted octanol–water partition coefficient (Wildman–Crippen LogP) is 3.93. The molecule has 0 saturated heterocycles. The van der Waals surface area contributed by atoms with Gasteiger partial charge in [0, 0.05) is 18.0 Å². The number of hydrogen-bond donors (Lipinski definition) is 0. The molecule has 0 bridgehead atoms. The van der Waals surface area contributed by atoms with Crippen molar-refractivity contribution in [3.8, 4) is 0 Å². The highest BCUT2D eigenvalue weighted by Gasteiger charge is 2.30. The van der Waals surface area contributed by atoms with Crippen LogP contribution in [0.25, 0.3) is 0 Å². The van der Waals surface area contributed by atoms with Crippen molar-refractivity contribution in [1.82, 2.24) is 14.8 Å². The van der Waals surface area contributed by atoms with Gasteiger partial charge in [0.1, 0.15) is 5.82 Å². The van der Waals surface area contributed by atoms with Crippen LogP contribution in [0.4, 0.5) is 0 Å². The van der Waals surface area contributed by atoms with Crippen LogP contribution >= 0.6 is 11.8 Å². The van der Waals surface area contributed by atoms with Gasteiger partial charge in [-0.15, -0.1) is 16.8 Å². The van der Waals surface area contributed by atoms with Gasteiger partial charge in [0.05, 0.1) is 5.75 Å². The van der Waals surface area contributed by atoms with Crippen molar-refractivity contribution >= 4 is 17.5 Å². The van der Waals surface area contributed by atoms with Gasteiger partial charge in [-0.1, -0.05) is 35.5 Å². The second kappa shape index (κ2) is 6.71. The highest BCUT2D eigenvalue weighted by atomic mass is 32.2. The van der Waals surface area contributed by atoms with Crippen molar-refractivity contribution in [3.63, 3.8) is 0 Å². The fraction of sp³-hybridized carbons (Fsp3) is 0.389. The largest absolute Gasteiger partial charge is 0.302 e. The quantitative estimate of drug-likeness (QED) is 0.439. The lowest BCUT2D eigenvalue weighted by atomic mass is 10.0. The number of carbonyl (C=O) groups is 1. The molecule has 1 heterocycles. The summed E-state index contributed by atoms with van der Waals surface area (Å²) in [5, 5.41) is 9.40. The normalized spacial score (nSPS) is 14.0. The Labute approximate surface area is 141 Å². The standard InChI is InChI=1S/C18H21N3OS/c1-4-9-21-17(14-7-8-14)19-20-18(21)23-11-16(22)15-10-12(2)5-6-13(15)3/h4-6,10,14H,1,7-9,11H2,2-3H3. The van der Waals surface area contributed by atoms with Gasteiger partial charge in [-0.05, 0) is 38.3 Å². The highest BCUT2D eigenvalue weighted by molar-refractivity contribution is 7.99. The summed E-state index contributed by atoms with van der Waals surface area (Å²) >= 11 is 1.46. The molecular formula is C18H21N3OS. The van der Waals surface area contributed by atoms with Crippen molar-refractivity contribution in [3.05, 3.63) is 53.4 Å². The van der Waals surface area contributed by atoms with Crippen LogP contribution in [-0.4, -0.2) is 26.3 Å². The van der Waals surface area contributed by atoms with E-state index < -0.39 is 0 Å². The van der Waals surface area contributed by atoms with E-state index in [9.17, 15) is 4.79 Å². The first kappa shape index (κ1) is 16.0. The summed E-state index contributed by atoms with van der Waals surface area (Å²) in [4.78, 5) is 12.5. The maximum absolute atomic E-state index is 12.5. The van der Waals surface area contributed by atoms with E-state index in [0.29, 0.717) is 18.2 Å². The van der Waals surface area contributed by atoms with E-state index >= 15 is 0 Å². The first-order chi connectivity index (χ1) is 11.1. The van der Waals surface area contributed by atoms with E-state index in [0.717, 1.165) is 27.7 Å². The SMILES string of the molecule is C=CCn1c(SCC(=O)c2cc(C)ccc2C)nnc1C1CC1. The zero-order chi connectivity index (χ0) is 16.4. The number of aryl methyl sites for hydroxylation is 2. The average Bonchev–Trinajstić information content (AvgIpc) is 3.30. The number of hydrogen-bond acceptors (Lipinski definition) is 4. The number of Topliss-reactive ketones (excluding diaryl/α,β-unsaturated/α-hetero) is 1. The Kier molecular flexibility index (Phi) is 4.66. The number of ketones is 1. The van der Waals surface area contributed by atoms with Gasteiger partial charge in [0.15, 0.2) is 10.9 Å². The van der Waals surface area contributed by atoms with Gasteiger partial charge in [0.2, 0.25) is 0 Å². The number of nitrogens with zero attached hydrogens (tertiary/aromatic N) is 3. The molecule has 1 aliphatic rings. The Bertz CT molecular complexity index is 747. The van der Waals surface area contributed by atoms with Crippen LogP contribution in [0.1, 0.15) is 46.1 Å². The minimum atomic E-state index is 0.136. The number of rotatable bonds is 7. The molecular weight excluding hydrogens is 306 g/mol. The van der Waals surface area contributed by atoms with Crippen molar-refractivity contribution in [1.29, 1.82) is 0 Å². The van der Waals surface area contributed by atoms with Gasteiger partial charge in [-0.25, -0.2) is 0 Å². The third-order valence-corrected chi connectivity index (χ3v) is 4.99. The Morgan fingerprint density at radius 2 is 2.17 bits per heavy atom. The molecule has 2 aromatic rings. The van der Waals surface area contributed by atoms with Gasteiger partial charge in [-0.2, -0.15) is 0 Å². The van der Waals surface area contributed by atoms with Crippen LogP contribution in [0.15, 0.2) is 36.0 Å². The molecule has 5 heteroatoms. The minimum absolute atomic E-state index is 0.136. The van der Waals surface area contributed by atoms with Crippen LogP contribution in [0.2, 0.25) is 0 Å². The van der Waals surface area contributed by atoms with Crippen molar-refractivity contribution in [2.45, 2.75) is 44.3 Å². The highest BCUT2D eigenvalue weighted by Crippen LogP contribution is 2.40. The maximum atomic E-state index is 12.5. The van der Waals surface area contributed by atoms with Crippen LogP contribution in [0.5, 0.6) is 0 Å². The molecule has 0 N–H and O–H groups in total. The topological polar surface area (TPSA) is 47.8 Å². The Balaban J connectivity index is 1.74. The van der Waals surface area contributed by atoms with Gasteiger partial charge >= 0.3 is 0 Å². The lowest BCUT2D eigenvalue weighted by molar-refractivity contribution is 0.102. The smallest absolute Gasteiger partial charge is 0.191 e. The van der Waals surface area contributed by atoms with Crippen LogP contribution in [0.3, 0.4) is 0 Å². The number of benzene rings is 1. The third kappa shape index (κ3) is 3.55. The average molecular weight is 327 g/mol. The Morgan fingerprint density at radius 3 is 2.87 bits per heavy atom. The molecule has 1 aromatic heterocycles. The molecule has 1 aromatic carbocycles. The molecule has 120 valence electrons.